The summed E-state index contributed by atoms with van der Waals surface area (Å²) < 4.78 is 0. The minimum Gasteiger partial charge on any atom is -0.291 e. The molecule has 0 aromatic heterocycles. The van der Waals surface area contributed by atoms with Gasteiger partial charge in [-0.15, -0.1) is 0 Å². The van der Waals surface area contributed by atoms with E-state index in [2.05, 4.69) is 0 Å². The van der Waals surface area contributed by atoms with Crippen LogP contribution in [0.1, 0.15) is 49.5 Å². The van der Waals surface area contributed by atoms with Crippen LogP contribution in [0.25, 0.3) is 16.8 Å². The molecule has 2 aromatic rings. The van der Waals surface area contributed by atoms with Crippen LogP contribution in [-0.2, 0) is 14.4 Å². The van der Waals surface area contributed by atoms with Crippen LogP contribution in [0.5, 0.6) is 0 Å². The second-order valence-corrected chi connectivity index (χ2v) is 8.61. The van der Waals surface area contributed by atoms with Crippen molar-refractivity contribution in [2.24, 2.45) is 16.7 Å². The van der Waals surface area contributed by atoms with Crippen LogP contribution in [0.3, 0.4) is 0 Å². The summed E-state index contributed by atoms with van der Waals surface area (Å²) in [5, 5.41) is 2.09. The molecule has 0 aliphatic heterocycles. The van der Waals surface area contributed by atoms with Crippen LogP contribution in [0.2, 0.25) is 0 Å². The van der Waals surface area contributed by atoms with Crippen LogP contribution in [0.4, 0.5) is 0 Å². The summed E-state index contributed by atoms with van der Waals surface area (Å²) in [6, 6.07) is 11.4. The molecule has 5 rings (SSSR count). The molecule has 2 atom stereocenters. The molecule has 0 N–H and O–H groups in total. The van der Waals surface area contributed by atoms with E-state index < -0.39 is 11.6 Å². The number of hydrogen-bond donors (Lipinski definition) is 0. The van der Waals surface area contributed by atoms with Crippen molar-refractivity contribution in [2.45, 2.75) is 33.6 Å². The first-order valence-electron chi connectivity index (χ1n) is 9.55. The third-order valence-electron chi connectivity index (χ3n) is 7.11. The molecule has 3 aliphatic carbocycles. The minimum absolute atomic E-state index is 0.00926. The molecule has 4 nitrogen and oxygen atoms in total. The lowest BCUT2D eigenvalue weighted by Gasteiger charge is -2.31. The summed E-state index contributed by atoms with van der Waals surface area (Å²) in [7, 11) is 0. The van der Waals surface area contributed by atoms with Gasteiger partial charge in [0.15, 0.2) is 0 Å². The number of allylic oxidation sites excluding steroid dienone is 1. The van der Waals surface area contributed by atoms with Crippen LogP contribution in [0, 0.1) is 16.7 Å². The van der Waals surface area contributed by atoms with Gasteiger partial charge < -0.3 is 0 Å². The second kappa shape index (κ2) is 6.06. The van der Waals surface area contributed by atoms with Gasteiger partial charge in [0.1, 0.15) is 0 Å². The quantitative estimate of drug-likeness (QED) is 0.648. The Morgan fingerprint density at radius 1 is 0.893 bits per heavy atom. The summed E-state index contributed by atoms with van der Waals surface area (Å²) in [5.74, 6) is -1.08. The number of ketones is 4. The van der Waals surface area contributed by atoms with Crippen molar-refractivity contribution in [3.05, 3.63) is 53.6 Å². The number of hydrogen-bond acceptors (Lipinski definition) is 4. The molecule has 0 heterocycles. The van der Waals surface area contributed by atoms with Crippen LogP contribution >= 0.6 is 0 Å². The maximum atomic E-state index is 11.7. The third kappa shape index (κ3) is 2.37. The Morgan fingerprint density at radius 3 is 2.21 bits per heavy atom. The maximum Gasteiger partial charge on any atom is 0.233 e. The molecule has 2 aromatic carbocycles. The topological polar surface area (TPSA) is 68.3 Å². The van der Waals surface area contributed by atoms with Crippen LogP contribution < -0.4 is 0 Å². The van der Waals surface area contributed by atoms with Crippen molar-refractivity contribution < 1.29 is 19.2 Å². The Kier molecular flexibility index (Phi) is 4.00. The van der Waals surface area contributed by atoms with Gasteiger partial charge in [0, 0.05) is 16.9 Å². The summed E-state index contributed by atoms with van der Waals surface area (Å²) in [4.78, 5) is 45.9. The lowest BCUT2D eigenvalue weighted by atomic mass is 9.70. The molecule has 2 unspecified atom stereocenters. The number of Topliss-reactive ketones (excluding diaryl/α,β-unsaturated/α-hetero) is 3. The largest absolute Gasteiger partial charge is 0.291 e. The maximum absolute atomic E-state index is 11.7. The highest BCUT2D eigenvalue weighted by atomic mass is 16.2. The fourth-order valence-corrected chi connectivity index (χ4v) is 4.84. The van der Waals surface area contributed by atoms with E-state index in [1.807, 2.05) is 51.1 Å². The van der Waals surface area contributed by atoms with Gasteiger partial charge in [-0.25, -0.2) is 0 Å². The molecule has 2 fully saturated rings. The Bertz CT molecular complexity index is 1090. The Labute approximate surface area is 163 Å². The highest BCUT2D eigenvalue weighted by Crippen LogP contribution is 2.61. The normalized spacial score (nSPS) is 27.0. The molecule has 142 valence electrons. The van der Waals surface area contributed by atoms with Crippen molar-refractivity contribution in [1.29, 1.82) is 0 Å². The van der Waals surface area contributed by atoms with Gasteiger partial charge in [0.2, 0.25) is 23.1 Å². The molecular formula is C24H22O4. The molecule has 0 spiro atoms. The zero-order valence-electron chi connectivity index (χ0n) is 16.2. The van der Waals surface area contributed by atoms with E-state index in [0.29, 0.717) is 5.56 Å². The smallest absolute Gasteiger partial charge is 0.233 e. The number of carbonyl (C=O) groups excluding carboxylic acids is 4. The molecule has 3 aliphatic rings. The summed E-state index contributed by atoms with van der Waals surface area (Å²) >= 11 is 0. The average molecular weight is 374 g/mol. The van der Waals surface area contributed by atoms with E-state index >= 15 is 0 Å². The zero-order chi connectivity index (χ0) is 20.3. The van der Waals surface area contributed by atoms with Crippen molar-refractivity contribution in [2.75, 3.05) is 0 Å². The van der Waals surface area contributed by atoms with Crippen molar-refractivity contribution in [3.63, 3.8) is 0 Å². The van der Waals surface area contributed by atoms with E-state index in [4.69, 9.17) is 0 Å². The van der Waals surface area contributed by atoms with Crippen molar-refractivity contribution >= 4 is 40.0 Å². The Hall–Kier alpha value is -2.88. The van der Waals surface area contributed by atoms with E-state index in [-0.39, 0.29) is 28.3 Å². The molecule has 4 heteroatoms. The molecular weight excluding hydrogens is 352 g/mol. The van der Waals surface area contributed by atoms with Gasteiger partial charge in [-0.3, -0.25) is 19.2 Å². The minimum atomic E-state index is -0.442. The summed E-state index contributed by atoms with van der Waals surface area (Å²) in [6.45, 7) is 6.04. The van der Waals surface area contributed by atoms with Gasteiger partial charge in [0.05, 0.1) is 0 Å². The predicted octanol–water partition coefficient (Wildman–Crippen LogP) is 4.20. The van der Waals surface area contributed by atoms with E-state index in [0.717, 1.165) is 29.2 Å². The van der Waals surface area contributed by atoms with Crippen LogP contribution in [-0.4, -0.2) is 23.1 Å². The molecule has 2 bridgehead atoms. The highest BCUT2D eigenvalue weighted by Gasteiger charge is 2.66. The van der Waals surface area contributed by atoms with Gasteiger partial charge in [-0.05, 0) is 52.8 Å². The molecule has 28 heavy (non-hydrogen) atoms. The number of rotatable bonds is 0. The number of benzene rings is 2. The first kappa shape index (κ1) is 18.5. The lowest BCUT2D eigenvalue weighted by molar-refractivity contribution is -0.141. The van der Waals surface area contributed by atoms with Gasteiger partial charge >= 0.3 is 0 Å². The van der Waals surface area contributed by atoms with Gasteiger partial charge in [-0.2, -0.15) is 0 Å². The molecule has 0 amide bonds. The standard InChI is InChI=1S/C14H8O2.C10H14O2/c15-13-8-7-11-10-4-2-1-3-9(10)5-6-12(11)14(13)16;1-9(2)6-4-5-10(9,3)8(12)7(6)11/h1-8H;6H,4-5H2,1-3H3. The zero-order valence-corrected chi connectivity index (χ0v) is 16.2. The highest BCUT2D eigenvalue weighted by molar-refractivity contribution is 6.50. The van der Waals surface area contributed by atoms with Crippen LogP contribution in [0.15, 0.2) is 42.5 Å². The number of carbonyl (C=O) groups is 4. The first-order chi connectivity index (χ1) is 13.2. The fraction of sp³-hybridized carbons (Fsp3) is 0.333. The van der Waals surface area contributed by atoms with Crippen molar-refractivity contribution in [3.8, 4) is 0 Å². The van der Waals surface area contributed by atoms with Crippen molar-refractivity contribution in [1.82, 2.24) is 0 Å². The Morgan fingerprint density at radius 2 is 1.61 bits per heavy atom. The number of fused-ring (bicyclic) bond motifs is 5. The Balaban J connectivity index is 0.000000143. The molecule has 2 saturated carbocycles. The van der Waals surface area contributed by atoms with Gasteiger partial charge in [0.25, 0.3) is 0 Å². The van der Waals surface area contributed by atoms with Gasteiger partial charge in [-0.1, -0.05) is 51.1 Å². The second-order valence-electron chi connectivity index (χ2n) is 8.61. The fourth-order valence-electron chi connectivity index (χ4n) is 4.84. The predicted molar refractivity (Wildman–Crippen MR) is 107 cm³/mol. The summed E-state index contributed by atoms with van der Waals surface area (Å²) in [5.41, 5.74) is 0.907. The monoisotopic (exact) mass is 374 g/mol. The average Bonchev–Trinajstić information content (AvgIpc) is 2.99. The SMILES string of the molecule is CC12CCC(C(=O)C1=O)C2(C)C.O=C1C=Cc2c(ccc3ccccc23)C1=O. The molecule has 0 radical (unpaired) electrons. The van der Waals surface area contributed by atoms with E-state index in [9.17, 15) is 19.2 Å². The molecule has 0 saturated heterocycles. The third-order valence-corrected chi connectivity index (χ3v) is 7.11. The summed E-state index contributed by atoms with van der Waals surface area (Å²) in [6.07, 6.45) is 4.88. The van der Waals surface area contributed by atoms with E-state index in [1.54, 1.807) is 12.1 Å². The lowest BCUT2D eigenvalue weighted by Crippen LogP contribution is -2.33. The first-order valence-corrected chi connectivity index (χ1v) is 9.55. The van der Waals surface area contributed by atoms with E-state index in [1.165, 1.54) is 6.08 Å².